The summed E-state index contributed by atoms with van der Waals surface area (Å²) in [6, 6.07) is 12.2. The average molecular weight is 316 g/mol. The number of hydrogen-bond acceptors (Lipinski definition) is 3. The average Bonchev–Trinajstić information content (AvgIpc) is 2.54. The summed E-state index contributed by atoms with van der Waals surface area (Å²) >= 11 is 0. The van der Waals surface area contributed by atoms with Crippen molar-refractivity contribution in [1.29, 1.82) is 0 Å². The monoisotopic (exact) mass is 316 g/mol. The molecule has 2 rings (SSSR count). The van der Waals surface area contributed by atoms with Crippen molar-refractivity contribution < 1.29 is 18.7 Å². The smallest absolute Gasteiger partial charge is 0.339 e. The normalized spacial score (nSPS) is 10.0. The van der Waals surface area contributed by atoms with Gasteiger partial charge in [0.05, 0.1) is 18.4 Å². The molecule has 0 saturated carbocycles. The quantitative estimate of drug-likeness (QED) is 0.881. The Labute approximate surface area is 133 Å². The highest BCUT2D eigenvalue weighted by atomic mass is 19.1. The second-order valence-corrected chi connectivity index (χ2v) is 4.95. The maximum atomic E-state index is 13.2. The maximum Gasteiger partial charge on any atom is 0.339 e. The number of ether oxygens (including phenoxy) is 1. The first-order valence-corrected chi connectivity index (χ1v) is 6.95. The number of amides is 2. The number of carbonyl (C=O) groups excluding carboxylic acids is 2. The van der Waals surface area contributed by atoms with Gasteiger partial charge in [0.15, 0.2) is 0 Å². The highest BCUT2D eigenvalue weighted by molar-refractivity contribution is 6.00. The SMILES string of the molecule is COC(=O)c1ccccc1NC(=O)N(C)Cc1cccc(F)c1. The topological polar surface area (TPSA) is 58.6 Å². The fourth-order valence-electron chi connectivity index (χ4n) is 2.07. The van der Waals surface area contributed by atoms with Gasteiger partial charge in [-0.3, -0.25) is 0 Å². The molecule has 1 N–H and O–H groups in total. The van der Waals surface area contributed by atoms with Gasteiger partial charge in [0, 0.05) is 13.6 Å². The summed E-state index contributed by atoms with van der Waals surface area (Å²) in [5, 5.41) is 2.65. The molecule has 0 atom stereocenters. The minimum Gasteiger partial charge on any atom is -0.465 e. The van der Waals surface area contributed by atoms with Gasteiger partial charge >= 0.3 is 12.0 Å². The fraction of sp³-hybridized carbons (Fsp3) is 0.176. The molecule has 0 saturated heterocycles. The van der Waals surface area contributed by atoms with E-state index in [0.717, 1.165) is 0 Å². The van der Waals surface area contributed by atoms with Crippen LogP contribution < -0.4 is 5.32 Å². The van der Waals surface area contributed by atoms with Crippen molar-refractivity contribution in [2.45, 2.75) is 6.54 Å². The third-order valence-electron chi connectivity index (χ3n) is 3.23. The van der Waals surface area contributed by atoms with Crippen molar-refractivity contribution >= 4 is 17.7 Å². The van der Waals surface area contributed by atoms with Gasteiger partial charge in [-0.1, -0.05) is 24.3 Å². The first-order chi connectivity index (χ1) is 11.0. The molecule has 0 aliphatic heterocycles. The number of methoxy groups -OCH3 is 1. The van der Waals surface area contributed by atoms with Gasteiger partial charge < -0.3 is 15.0 Å². The van der Waals surface area contributed by atoms with Crippen LogP contribution in [0.3, 0.4) is 0 Å². The number of esters is 1. The Morgan fingerprint density at radius 3 is 2.61 bits per heavy atom. The zero-order valence-electron chi connectivity index (χ0n) is 12.9. The van der Waals surface area contributed by atoms with Crippen LogP contribution in [-0.4, -0.2) is 31.1 Å². The van der Waals surface area contributed by atoms with Crippen molar-refractivity contribution in [3.8, 4) is 0 Å². The zero-order chi connectivity index (χ0) is 16.8. The third-order valence-corrected chi connectivity index (χ3v) is 3.23. The van der Waals surface area contributed by atoms with Gasteiger partial charge in [-0.15, -0.1) is 0 Å². The van der Waals surface area contributed by atoms with Crippen molar-refractivity contribution in [1.82, 2.24) is 4.90 Å². The number of hydrogen-bond donors (Lipinski definition) is 1. The fourth-order valence-corrected chi connectivity index (χ4v) is 2.07. The molecular weight excluding hydrogens is 299 g/mol. The maximum absolute atomic E-state index is 13.2. The molecule has 120 valence electrons. The van der Waals surface area contributed by atoms with Crippen molar-refractivity contribution in [3.05, 3.63) is 65.5 Å². The number of para-hydroxylation sites is 1. The van der Waals surface area contributed by atoms with Gasteiger partial charge in [-0.25, -0.2) is 14.0 Å². The molecule has 6 heteroatoms. The van der Waals surface area contributed by atoms with Crippen molar-refractivity contribution in [2.75, 3.05) is 19.5 Å². The van der Waals surface area contributed by atoms with Crippen molar-refractivity contribution in [3.63, 3.8) is 0 Å². The summed E-state index contributed by atoms with van der Waals surface area (Å²) in [5.41, 5.74) is 1.29. The van der Waals surface area contributed by atoms with E-state index in [4.69, 9.17) is 0 Å². The van der Waals surface area contributed by atoms with Crippen LogP contribution in [0, 0.1) is 5.82 Å². The Morgan fingerprint density at radius 1 is 1.17 bits per heavy atom. The lowest BCUT2D eigenvalue weighted by Gasteiger charge is -2.19. The van der Waals surface area contributed by atoms with E-state index < -0.39 is 12.0 Å². The lowest BCUT2D eigenvalue weighted by Crippen LogP contribution is -2.31. The van der Waals surface area contributed by atoms with Gasteiger partial charge in [0.2, 0.25) is 0 Å². The second-order valence-electron chi connectivity index (χ2n) is 4.95. The first-order valence-electron chi connectivity index (χ1n) is 6.95. The number of benzene rings is 2. The number of nitrogens with one attached hydrogen (secondary N) is 1. The van der Waals surface area contributed by atoms with Crippen LogP contribution in [0.4, 0.5) is 14.9 Å². The minimum atomic E-state index is -0.534. The van der Waals surface area contributed by atoms with E-state index in [1.54, 1.807) is 43.4 Å². The summed E-state index contributed by atoms with van der Waals surface area (Å²) < 4.78 is 17.9. The number of carbonyl (C=O) groups is 2. The van der Waals surface area contributed by atoms with Gasteiger partial charge in [-0.2, -0.15) is 0 Å². The van der Waals surface area contributed by atoms with Crippen LogP contribution in [-0.2, 0) is 11.3 Å². The highest BCUT2D eigenvalue weighted by Crippen LogP contribution is 2.17. The highest BCUT2D eigenvalue weighted by Gasteiger charge is 2.15. The summed E-state index contributed by atoms with van der Waals surface area (Å²) in [7, 11) is 2.86. The lowest BCUT2D eigenvalue weighted by atomic mass is 10.2. The van der Waals surface area contributed by atoms with E-state index in [1.807, 2.05) is 0 Å². The molecule has 2 aromatic rings. The largest absolute Gasteiger partial charge is 0.465 e. The summed E-state index contributed by atoms with van der Waals surface area (Å²) in [4.78, 5) is 25.3. The third kappa shape index (κ3) is 4.29. The molecule has 0 aliphatic rings. The molecule has 0 aromatic heterocycles. The molecule has 0 heterocycles. The molecule has 0 unspecified atom stereocenters. The number of urea groups is 1. The molecule has 2 aromatic carbocycles. The van der Waals surface area contributed by atoms with Gasteiger partial charge in [-0.05, 0) is 29.8 Å². The van der Waals surface area contributed by atoms with Crippen molar-refractivity contribution in [2.24, 2.45) is 0 Å². The summed E-state index contributed by atoms with van der Waals surface area (Å²) in [6.07, 6.45) is 0. The Kier molecular flexibility index (Phi) is 5.30. The molecule has 0 fully saturated rings. The molecule has 0 radical (unpaired) electrons. The van der Waals surface area contributed by atoms with Crippen LogP contribution in [0.1, 0.15) is 15.9 Å². The predicted molar refractivity (Wildman–Crippen MR) is 84.7 cm³/mol. The first kappa shape index (κ1) is 16.5. The molecule has 5 nitrogen and oxygen atoms in total. The molecule has 23 heavy (non-hydrogen) atoms. The van der Waals surface area contributed by atoms with Gasteiger partial charge in [0.25, 0.3) is 0 Å². The zero-order valence-corrected chi connectivity index (χ0v) is 12.9. The molecular formula is C17H17FN2O3. The Hall–Kier alpha value is -2.89. The number of halogens is 1. The van der Waals surface area contributed by atoms with E-state index in [-0.39, 0.29) is 17.9 Å². The Morgan fingerprint density at radius 2 is 1.91 bits per heavy atom. The van der Waals surface area contributed by atoms with E-state index in [2.05, 4.69) is 10.1 Å². The van der Waals surface area contributed by atoms with Crippen LogP contribution in [0.5, 0.6) is 0 Å². The molecule has 2 amide bonds. The summed E-state index contributed by atoms with van der Waals surface area (Å²) in [5.74, 6) is -0.888. The number of anilines is 1. The summed E-state index contributed by atoms with van der Waals surface area (Å²) in [6.45, 7) is 0.240. The van der Waals surface area contributed by atoms with E-state index in [1.165, 1.54) is 24.1 Å². The van der Waals surface area contributed by atoms with E-state index in [9.17, 15) is 14.0 Å². The van der Waals surface area contributed by atoms with Crippen LogP contribution >= 0.6 is 0 Å². The number of nitrogens with zero attached hydrogens (tertiary/aromatic N) is 1. The van der Waals surface area contributed by atoms with Gasteiger partial charge in [0.1, 0.15) is 5.82 Å². The van der Waals surface area contributed by atoms with E-state index >= 15 is 0 Å². The van der Waals surface area contributed by atoms with E-state index in [0.29, 0.717) is 11.3 Å². The van der Waals surface area contributed by atoms with Crippen LogP contribution in [0.2, 0.25) is 0 Å². The lowest BCUT2D eigenvalue weighted by molar-refractivity contribution is 0.0602. The minimum absolute atomic E-state index is 0.240. The Bertz CT molecular complexity index is 718. The van der Waals surface area contributed by atoms with Crippen LogP contribution in [0.25, 0.3) is 0 Å². The predicted octanol–water partition coefficient (Wildman–Crippen LogP) is 3.28. The molecule has 0 spiro atoms. The number of rotatable bonds is 4. The van der Waals surface area contributed by atoms with Crippen LogP contribution in [0.15, 0.2) is 48.5 Å². The standard InChI is InChI=1S/C17H17FN2O3/c1-20(11-12-6-5-7-13(18)10-12)17(22)19-15-9-4-3-8-14(15)16(21)23-2/h3-10H,11H2,1-2H3,(H,19,22). The molecule has 0 aliphatic carbocycles. The Balaban J connectivity index is 2.08. The molecule has 0 bridgehead atoms. The second kappa shape index (κ2) is 7.40.